The molecule has 1 aliphatic heterocycles. The Morgan fingerprint density at radius 3 is 2.87 bits per heavy atom. The second-order valence-corrected chi connectivity index (χ2v) is 3.77. The Labute approximate surface area is 89.6 Å². The molecule has 2 rings (SSSR count). The Morgan fingerprint density at radius 1 is 1.47 bits per heavy atom. The molecule has 1 heterocycles. The van der Waals surface area contributed by atoms with Gasteiger partial charge in [0, 0.05) is 19.3 Å². The smallest absolute Gasteiger partial charge is 0.121 e. The first-order chi connectivity index (χ1) is 7.33. The van der Waals surface area contributed by atoms with Crippen molar-refractivity contribution in [2.24, 2.45) is 0 Å². The van der Waals surface area contributed by atoms with Gasteiger partial charge >= 0.3 is 0 Å². The summed E-state index contributed by atoms with van der Waals surface area (Å²) in [5.41, 5.74) is 0.812. The summed E-state index contributed by atoms with van der Waals surface area (Å²) >= 11 is 0. The number of hydrogen-bond acceptors (Lipinski definition) is 3. The predicted molar refractivity (Wildman–Crippen MR) is 56.8 cm³/mol. The van der Waals surface area contributed by atoms with Crippen LogP contribution in [0.3, 0.4) is 0 Å². The molecule has 1 saturated heterocycles. The Hall–Kier alpha value is -1.06. The van der Waals surface area contributed by atoms with Crippen LogP contribution in [-0.2, 0) is 9.47 Å². The summed E-state index contributed by atoms with van der Waals surface area (Å²) in [5.74, 6) is 0.278. The van der Waals surface area contributed by atoms with E-state index in [9.17, 15) is 5.11 Å². The summed E-state index contributed by atoms with van der Waals surface area (Å²) < 4.78 is 11.0. The third kappa shape index (κ3) is 2.13. The lowest BCUT2D eigenvalue weighted by atomic mass is 10.0. The lowest BCUT2D eigenvalue weighted by Crippen LogP contribution is -2.19. The number of phenols is 1. The van der Waals surface area contributed by atoms with Gasteiger partial charge in [-0.05, 0) is 18.9 Å². The van der Waals surface area contributed by atoms with Gasteiger partial charge in [0.25, 0.3) is 0 Å². The number of ether oxygens (including phenoxy) is 2. The van der Waals surface area contributed by atoms with Gasteiger partial charge in [0.2, 0.25) is 0 Å². The molecule has 3 heteroatoms. The molecule has 0 saturated carbocycles. The van der Waals surface area contributed by atoms with Crippen LogP contribution in [0.1, 0.15) is 24.5 Å². The Bertz CT molecular complexity index is 318. The zero-order valence-corrected chi connectivity index (χ0v) is 8.85. The third-order valence-electron chi connectivity index (χ3n) is 2.80. The van der Waals surface area contributed by atoms with Gasteiger partial charge in [0.1, 0.15) is 11.9 Å². The fraction of sp³-hybridized carbons (Fsp3) is 0.500. The normalized spacial score (nSPS) is 22.9. The maximum atomic E-state index is 9.74. The molecule has 0 amide bonds. The molecule has 15 heavy (non-hydrogen) atoms. The highest BCUT2D eigenvalue weighted by Gasteiger charge is 2.28. The van der Waals surface area contributed by atoms with Gasteiger partial charge in [-0.15, -0.1) is 0 Å². The van der Waals surface area contributed by atoms with Gasteiger partial charge in [0.05, 0.1) is 6.10 Å². The molecule has 0 aromatic heterocycles. The van der Waals surface area contributed by atoms with Crippen LogP contribution >= 0.6 is 0 Å². The van der Waals surface area contributed by atoms with Crippen molar-refractivity contribution in [2.45, 2.75) is 25.0 Å². The third-order valence-corrected chi connectivity index (χ3v) is 2.80. The lowest BCUT2D eigenvalue weighted by Gasteiger charge is -2.22. The number of benzene rings is 1. The second kappa shape index (κ2) is 4.64. The average Bonchev–Trinajstić information content (AvgIpc) is 2.75. The van der Waals surface area contributed by atoms with Crippen LogP contribution in [0.4, 0.5) is 0 Å². The molecule has 82 valence electrons. The lowest BCUT2D eigenvalue weighted by molar-refractivity contribution is -0.0293. The summed E-state index contributed by atoms with van der Waals surface area (Å²) in [5, 5.41) is 9.74. The van der Waals surface area contributed by atoms with E-state index < -0.39 is 0 Å². The molecule has 1 aromatic carbocycles. The summed E-state index contributed by atoms with van der Waals surface area (Å²) in [4.78, 5) is 0. The van der Waals surface area contributed by atoms with E-state index >= 15 is 0 Å². The molecular formula is C12H16O3. The van der Waals surface area contributed by atoms with Crippen LogP contribution < -0.4 is 0 Å². The molecule has 0 aliphatic carbocycles. The minimum Gasteiger partial charge on any atom is -0.508 e. The number of phenolic OH excluding ortho intramolecular Hbond substituents is 1. The maximum Gasteiger partial charge on any atom is 0.121 e. The van der Waals surface area contributed by atoms with Crippen LogP contribution in [-0.4, -0.2) is 24.9 Å². The first-order valence-electron chi connectivity index (χ1n) is 5.25. The van der Waals surface area contributed by atoms with Crippen molar-refractivity contribution >= 4 is 0 Å². The van der Waals surface area contributed by atoms with E-state index in [1.54, 1.807) is 19.2 Å². The van der Waals surface area contributed by atoms with Crippen LogP contribution in [0.15, 0.2) is 24.3 Å². The Balaban J connectivity index is 2.22. The van der Waals surface area contributed by atoms with Crippen molar-refractivity contribution in [1.82, 2.24) is 0 Å². The van der Waals surface area contributed by atoms with E-state index in [0.717, 1.165) is 25.0 Å². The number of rotatable bonds is 3. The molecule has 0 spiro atoms. The van der Waals surface area contributed by atoms with Gasteiger partial charge in [-0.3, -0.25) is 0 Å². The highest BCUT2D eigenvalue weighted by Crippen LogP contribution is 2.33. The average molecular weight is 208 g/mol. The van der Waals surface area contributed by atoms with Crippen molar-refractivity contribution in [1.29, 1.82) is 0 Å². The van der Waals surface area contributed by atoms with Gasteiger partial charge in [-0.25, -0.2) is 0 Å². The molecule has 1 aliphatic rings. The van der Waals surface area contributed by atoms with Crippen molar-refractivity contribution in [3.8, 4) is 5.75 Å². The first kappa shape index (κ1) is 10.5. The molecule has 1 fully saturated rings. The van der Waals surface area contributed by atoms with Gasteiger partial charge in [-0.2, -0.15) is 0 Å². The minimum absolute atomic E-state index is 0.0725. The van der Waals surface area contributed by atoms with Crippen molar-refractivity contribution in [3.05, 3.63) is 29.8 Å². The maximum absolute atomic E-state index is 9.74. The largest absolute Gasteiger partial charge is 0.508 e. The SMILES string of the molecule is CO[C@H](c1ccccc1O)[C@H]1CCCO1. The molecule has 1 N–H and O–H groups in total. The minimum atomic E-state index is -0.159. The fourth-order valence-electron chi connectivity index (χ4n) is 2.05. The fourth-order valence-corrected chi connectivity index (χ4v) is 2.05. The van der Waals surface area contributed by atoms with Crippen LogP contribution in [0.25, 0.3) is 0 Å². The predicted octanol–water partition coefficient (Wildman–Crippen LogP) is 2.26. The summed E-state index contributed by atoms with van der Waals surface area (Å²) in [6, 6.07) is 7.26. The molecule has 2 atom stereocenters. The highest BCUT2D eigenvalue weighted by atomic mass is 16.5. The number of methoxy groups -OCH3 is 1. The van der Waals surface area contributed by atoms with Crippen LogP contribution in [0.5, 0.6) is 5.75 Å². The topological polar surface area (TPSA) is 38.7 Å². The van der Waals surface area contributed by atoms with Gasteiger partial charge in [0.15, 0.2) is 0 Å². The zero-order valence-electron chi connectivity index (χ0n) is 8.85. The van der Waals surface area contributed by atoms with Crippen LogP contribution in [0, 0.1) is 0 Å². The van der Waals surface area contributed by atoms with E-state index in [1.165, 1.54) is 0 Å². The van der Waals surface area contributed by atoms with E-state index in [1.807, 2.05) is 12.1 Å². The summed E-state index contributed by atoms with van der Waals surface area (Å²) in [6.45, 7) is 0.790. The highest BCUT2D eigenvalue weighted by molar-refractivity contribution is 5.34. The van der Waals surface area contributed by atoms with Gasteiger partial charge < -0.3 is 14.6 Å². The van der Waals surface area contributed by atoms with E-state index in [2.05, 4.69) is 0 Å². The Kier molecular flexibility index (Phi) is 3.23. The quantitative estimate of drug-likeness (QED) is 0.828. The standard InChI is InChI=1S/C12H16O3/c1-14-12(11-7-4-8-15-11)9-5-2-3-6-10(9)13/h2-3,5-6,11-13H,4,7-8H2,1H3/t11-,12-/m1/s1. The van der Waals surface area contributed by atoms with E-state index in [0.29, 0.717) is 0 Å². The summed E-state index contributed by atoms with van der Waals surface area (Å²) in [6.07, 6.45) is 1.97. The zero-order chi connectivity index (χ0) is 10.7. The van der Waals surface area contributed by atoms with Crippen molar-refractivity contribution in [2.75, 3.05) is 13.7 Å². The Morgan fingerprint density at radius 2 is 2.27 bits per heavy atom. The summed E-state index contributed by atoms with van der Waals surface area (Å²) in [7, 11) is 1.65. The monoisotopic (exact) mass is 208 g/mol. The van der Waals surface area contributed by atoms with Gasteiger partial charge in [-0.1, -0.05) is 18.2 Å². The molecule has 0 radical (unpaired) electrons. The molecular weight excluding hydrogens is 192 g/mol. The molecule has 3 nitrogen and oxygen atoms in total. The second-order valence-electron chi connectivity index (χ2n) is 3.77. The van der Waals surface area contributed by atoms with E-state index in [-0.39, 0.29) is 18.0 Å². The molecule has 0 bridgehead atoms. The number of aromatic hydroxyl groups is 1. The van der Waals surface area contributed by atoms with Crippen LogP contribution in [0.2, 0.25) is 0 Å². The molecule has 0 unspecified atom stereocenters. The van der Waals surface area contributed by atoms with Crippen molar-refractivity contribution < 1.29 is 14.6 Å². The van der Waals surface area contributed by atoms with Crippen molar-refractivity contribution in [3.63, 3.8) is 0 Å². The number of hydrogen-bond donors (Lipinski definition) is 1. The number of para-hydroxylation sites is 1. The molecule has 1 aromatic rings. The van der Waals surface area contributed by atoms with E-state index in [4.69, 9.17) is 9.47 Å². The first-order valence-corrected chi connectivity index (χ1v) is 5.25.